The Morgan fingerprint density at radius 3 is 2.20 bits per heavy atom. The maximum absolute atomic E-state index is 14.5. The summed E-state index contributed by atoms with van der Waals surface area (Å²) in [7, 11) is -4.05. The summed E-state index contributed by atoms with van der Waals surface area (Å²) in [5.41, 5.74) is 0.548. The summed E-state index contributed by atoms with van der Waals surface area (Å²) in [5, 5.41) is 2.71. The number of ether oxygens (including phenoxy) is 1. The van der Waals surface area contributed by atoms with Gasteiger partial charge in [0.25, 0.3) is 5.91 Å². The van der Waals surface area contributed by atoms with Gasteiger partial charge in [-0.25, -0.2) is 12.8 Å². The number of carbonyl (C=O) groups is 1. The summed E-state index contributed by atoms with van der Waals surface area (Å²) in [4.78, 5) is 14.4. The van der Waals surface area contributed by atoms with Crippen LogP contribution in [0.25, 0.3) is 0 Å². The molecule has 0 aliphatic carbocycles. The van der Waals surface area contributed by atoms with Crippen LogP contribution in [0.2, 0.25) is 0 Å². The predicted molar refractivity (Wildman–Crippen MR) is 135 cm³/mol. The highest BCUT2D eigenvalue weighted by Crippen LogP contribution is 2.25. The molecule has 1 aliphatic heterocycles. The molecule has 0 spiro atoms. The zero-order chi connectivity index (χ0) is 24.1. The summed E-state index contributed by atoms with van der Waals surface area (Å²) < 4.78 is 47.6. The minimum atomic E-state index is -4.05. The van der Waals surface area contributed by atoms with E-state index in [9.17, 15) is 17.6 Å². The monoisotopic (exact) mass is 519 g/mol. The summed E-state index contributed by atoms with van der Waals surface area (Å²) in [6.45, 7) is 4.57. The van der Waals surface area contributed by atoms with Gasteiger partial charge in [-0.3, -0.25) is 4.79 Å². The molecule has 186 valence electrons. The smallest absolute Gasteiger partial charge is 0.255 e. The molecule has 3 aromatic carbocycles. The zero-order valence-corrected chi connectivity index (χ0v) is 20.8. The second-order valence-electron chi connectivity index (χ2n) is 7.88. The average Bonchev–Trinajstić information content (AvgIpc) is 2.86. The van der Waals surface area contributed by atoms with Gasteiger partial charge in [0.1, 0.15) is 22.2 Å². The number of rotatable bonds is 7. The van der Waals surface area contributed by atoms with Gasteiger partial charge < -0.3 is 15.0 Å². The number of piperazine rings is 1. The third-order valence-electron chi connectivity index (χ3n) is 5.68. The molecule has 10 heteroatoms. The highest BCUT2D eigenvalue weighted by molar-refractivity contribution is 7.89. The topological polar surface area (TPSA) is 79.0 Å². The Kier molecular flexibility index (Phi) is 8.85. The fourth-order valence-corrected chi connectivity index (χ4v) is 5.21. The van der Waals surface area contributed by atoms with Crippen LogP contribution in [0.3, 0.4) is 0 Å². The first kappa shape index (κ1) is 26.6. The molecule has 1 N–H and O–H groups in total. The molecule has 0 radical (unpaired) electrons. The van der Waals surface area contributed by atoms with Crippen molar-refractivity contribution in [3.8, 4) is 11.5 Å². The molecule has 0 bridgehead atoms. The van der Waals surface area contributed by atoms with E-state index in [-0.39, 0.29) is 31.1 Å². The molecule has 1 heterocycles. The predicted octanol–water partition coefficient (Wildman–Crippen LogP) is 4.62. The molecule has 4 rings (SSSR count). The lowest BCUT2D eigenvalue weighted by atomic mass is 10.2. The van der Waals surface area contributed by atoms with E-state index in [0.29, 0.717) is 30.3 Å². The molecule has 0 aromatic heterocycles. The Morgan fingerprint density at radius 2 is 1.57 bits per heavy atom. The van der Waals surface area contributed by atoms with E-state index in [4.69, 9.17) is 4.74 Å². The van der Waals surface area contributed by atoms with E-state index in [0.717, 1.165) is 18.7 Å². The number of hydrogen-bond donors (Lipinski definition) is 1. The number of nitrogens with zero attached hydrogens (tertiary/aromatic N) is 2. The van der Waals surface area contributed by atoms with Crippen molar-refractivity contribution in [3.63, 3.8) is 0 Å². The summed E-state index contributed by atoms with van der Waals surface area (Å²) >= 11 is 0. The number of amides is 1. The number of para-hydroxylation sites is 1. The van der Waals surface area contributed by atoms with Gasteiger partial charge in [0.2, 0.25) is 10.0 Å². The standard InChI is InChI=1S/C25H26FN3O4S.ClH/c1-2-28-14-16-29(17-15-28)34(31,32)24-18-19(8-13-23(24)26)25(30)27-20-9-11-22(12-10-20)33-21-6-4-3-5-7-21;/h3-13,18H,2,14-17H2,1H3,(H,27,30);1H. The maximum Gasteiger partial charge on any atom is 0.255 e. The van der Waals surface area contributed by atoms with Gasteiger partial charge >= 0.3 is 0 Å². The molecule has 35 heavy (non-hydrogen) atoms. The first-order chi connectivity index (χ1) is 16.4. The molecular weight excluding hydrogens is 493 g/mol. The van der Waals surface area contributed by atoms with Crippen molar-refractivity contribution < 1.29 is 22.3 Å². The van der Waals surface area contributed by atoms with E-state index < -0.39 is 26.6 Å². The van der Waals surface area contributed by atoms with Crippen LogP contribution < -0.4 is 10.1 Å². The first-order valence-corrected chi connectivity index (χ1v) is 12.5. The van der Waals surface area contributed by atoms with Gasteiger partial charge in [0.15, 0.2) is 0 Å². The van der Waals surface area contributed by atoms with Crippen molar-refractivity contribution in [2.24, 2.45) is 0 Å². The molecule has 1 amide bonds. The average molecular weight is 520 g/mol. The van der Waals surface area contributed by atoms with Crippen LogP contribution in [-0.2, 0) is 10.0 Å². The molecule has 0 saturated carbocycles. The van der Waals surface area contributed by atoms with Crippen molar-refractivity contribution in [2.45, 2.75) is 11.8 Å². The van der Waals surface area contributed by atoms with E-state index in [1.165, 1.54) is 10.4 Å². The normalized spacial score (nSPS) is 14.7. The minimum absolute atomic E-state index is 0. The molecule has 3 aromatic rings. The number of carbonyl (C=O) groups excluding carboxylic acids is 1. The highest BCUT2D eigenvalue weighted by atomic mass is 35.5. The van der Waals surface area contributed by atoms with Crippen molar-refractivity contribution in [1.82, 2.24) is 9.21 Å². The van der Waals surface area contributed by atoms with Gasteiger partial charge in [-0.1, -0.05) is 25.1 Å². The molecule has 0 unspecified atom stereocenters. The fraction of sp³-hybridized carbons (Fsp3) is 0.240. The quantitative estimate of drug-likeness (QED) is 0.493. The number of benzene rings is 3. The lowest BCUT2D eigenvalue weighted by molar-refractivity contribution is 0.102. The van der Waals surface area contributed by atoms with Crippen molar-refractivity contribution >= 4 is 34.0 Å². The summed E-state index contributed by atoms with van der Waals surface area (Å²) in [6, 6.07) is 19.4. The largest absolute Gasteiger partial charge is 0.457 e. The zero-order valence-electron chi connectivity index (χ0n) is 19.2. The van der Waals surface area contributed by atoms with Crippen LogP contribution in [0.15, 0.2) is 77.7 Å². The van der Waals surface area contributed by atoms with E-state index >= 15 is 0 Å². The Balaban J connectivity index is 0.00000342. The SMILES string of the molecule is CCN1CCN(S(=O)(=O)c2cc(C(=O)Nc3ccc(Oc4ccccc4)cc3)ccc2F)CC1.Cl. The number of hydrogen-bond acceptors (Lipinski definition) is 5. The van der Waals surface area contributed by atoms with Crippen LogP contribution in [-0.4, -0.2) is 56.3 Å². The minimum Gasteiger partial charge on any atom is -0.457 e. The van der Waals surface area contributed by atoms with Gasteiger partial charge in [-0.2, -0.15) is 4.31 Å². The first-order valence-electron chi connectivity index (χ1n) is 11.0. The van der Waals surface area contributed by atoms with Crippen LogP contribution in [0.5, 0.6) is 11.5 Å². The Bertz CT molecular complexity index is 1250. The third-order valence-corrected chi connectivity index (χ3v) is 7.59. The lowest BCUT2D eigenvalue weighted by Crippen LogP contribution is -2.48. The summed E-state index contributed by atoms with van der Waals surface area (Å²) in [6.07, 6.45) is 0. The van der Waals surface area contributed by atoms with Crippen LogP contribution in [0.4, 0.5) is 10.1 Å². The second kappa shape index (κ2) is 11.6. The van der Waals surface area contributed by atoms with Crippen molar-refractivity contribution in [3.05, 3.63) is 84.2 Å². The van der Waals surface area contributed by atoms with Gasteiger partial charge in [-0.15, -0.1) is 12.4 Å². The van der Waals surface area contributed by atoms with E-state index in [1.807, 2.05) is 37.3 Å². The molecule has 1 saturated heterocycles. The van der Waals surface area contributed by atoms with Crippen molar-refractivity contribution in [1.29, 1.82) is 0 Å². The Labute approximate surface area is 211 Å². The highest BCUT2D eigenvalue weighted by Gasteiger charge is 2.31. The molecule has 1 aliphatic rings. The van der Waals surface area contributed by atoms with E-state index in [2.05, 4.69) is 10.2 Å². The molecule has 1 fully saturated rings. The maximum atomic E-state index is 14.5. The molecule has 7 nitrogen and oxygen atoms in total. The number of anilines is 1. The number of sulfonamides is 1. The van der Waals surface area contributed by atoms with Gasteiger partial charge in [0, 0.05) is 37.4 Å². The molecular formula is C25H27ClFN3O4S. The lowest BCUT2D eigenvalue weighted by Gasteiger charge is -2.33. The van der Waals surface area contributed by atoms with E-state index in [1.54, 1.807) is 24.3 Å². The Hall–Kier alpha value is -2.98. The fourth-order valence-electron chi connectivity index (χ4n) is 3.70. The number of nitrogens with one attached hydrogen (secondary N) is 1. The molecule has 0 atom stereocenters. The number of halogens is 2. The Morgan fingerprint density at radius 1 is 0.943 bits per heavy atom. The van der Waals surface area contributed by atoms with Gasteiger partial charge in [-0.05, 0) is 61.1 Å². The van der Waals surface area contributed by atoms with Gasteiger partial charge in [0.05, 0.1) is 0 Å². The second-order valence-corrected chi connectivity index (χ2v) is 9.78. The van der Waals surface area contributed by atoms with Crippen LogP contribution in [0.1, 0.15) is 17.3 Å². The summed E-state index contributed by atoms with van der Waals surface area (Å²) in [5.74, 6) is -0.126. The van der Waals surface area contributed by atoms with Crippen LogP contribution in [0, 0.1) is 5.82 Å². The number of likely N-dealkylation sites (N-methyl/N-ethyl adjacent to an activating group) is 1. The van der Waals surface area contributed by atoms with Crippen LogP contribution >= 0.6 is 12.4 Å². The van der Waals surface area contributed by atoms with Crippen molar-refractivity contribution in [2.75, 3.05) is 38.0 Å². The third kappa shape index (κ3) is 6.37.